The molecule has 0 atom stereocenters. The van der Waals surface area contributed by atoms with Crippen LogP contribution >= 0.6 is 0 Å². The number of rotatable bonds is 2. The van der Waals surface area contributed by atoms with Crippen LogP contribution in [0.2, 0.25) is 0 Å². The van der Waals surface area contributed by atoms with Gasteiger partial charge in [0.25, 0.3) is 0 Å². The number of nitrogens with two attached hydrogens (primary N) is 1. The first-order valence-electron chi connectivity index (χ1n) is 5.34. The summed E-state index contributed by atoms with van der Waals surface area (Å²) in [5, 5.41) is 18.2. The Morgan fingerprint density at radius 1 is 1.00 bits per heavy atom. The zero-order chi connectivity index (χ0) is 13.3. The second-order valence-corrected chi connectivity index (χ2v) is 5.14. The molecule has 88 valence electrons. The van der Waals surface area contributed by atoms with Gasteiger partial charge < -0.3 is 5.73 Å². The van der Waals surface area contributed by atoms with Gasteiger partial charge in [-0.05, 0) is 39.8 Å². The summed E-state index contributed by atoms with van der Waals surface area (Å²) < 4.78 is 0. The van der Waals surface area contributed by atoms with E-state index >= 15 is 0 Å². The standard InChI is InChI=1S/C13H16N4/c1-12(2,7-14)10-5-9(16)6-11(17-10)13(3,4)8-15/h5-6H,1-4H3,(H2,16,17). The van der Waals surface area contributed by atoms with Crippen molar-refractivity contribution in [3.63, 3.8) is 0 Å². The summed E-state index contributed by atoms with van der Waals surface area (Å²) in [5.74, 6) is 0. The number of aromatic nitrogens is 1. The Bertz CT molecular complexity index is 471. The first-order valence-corrected chi connectivity index (χ1v) is 5.34. The fourth-order valence-electron chi connectivity index (χ4n) is 1.31. The summed E-state index contributed by atoms with van der Waals surface area (Å²) in [6, 6.07) is 7.72. The molecule has 0 amide bonds. The highest BCUT2D eigenvalue weighted by atomic mass is 14.8. The van der Waals surface area contributed by atoms with Gasteiger partial charge in [0.1, 0.15) is 0 Å². The summed E-state index contributed by atoms with van der Waals surface area (Å²) in [7, 11) is 0. The maximum Gasteiger partial charge on any atom is 0.0938 e. The Hall–Kier alpha value is -2.07. The summed E-state index contributed by atoms with van der Waals surface area (Å²) in [6.45, 7) is 7.10. The number of hydrogen-bond acceptors (Lipinski definition) is 4. The van der Waals surface area contributed by atoms with Crippen molar-refractivity contribution in [2.75, 3.05) is 5.73 Å². The molecule has 0 aliphatic rings. The van der Waals surface area contributed by atoms with Gasteiger partial charge in [-0.2, -0.15) is 10.5 Å². The summed E-state index contributed by atoms with van der Waals surface area (Å²) in [4.78, 5) is 4.39. The summed E-state index contributed by atoms with van der Waals surface area (Å²) in [5.41, 5.74) is 6.09. The Kier molecular flexibility index (Phi) is 3.11. The largest absolute Gasteiger partial charge is 0.399 e. The van der Waals surface area contributed by atoms with Crippen molar-refractivity contribution in [1.29, 1.82) is 10.5 Å². The molecule has 0 aromatic carbocycles. The molecule has 4 nitrogen and oxygen atoms in total. The second-order valence-electron chi connectivity index (χ2n) is 5.14. The molecule has 0 aliphatic carbocycles. The molecular formula is C13H16N4. The van der Waals surface area contributed by atoms with Crippen LogP contribution in [0.25, 0.3) is 0 Å². The highest BCUT2D eigenvalue weighted by Crippen LogP contribution is 2.27. The van der Waals surface area contributed by atoms with Crippen molar-refractivity contribution < 1.29 is 0 Å². The predicted molar refractivity (Wildman–Crippen MR) is 65.9 cm³/mol. The zero-order valence-electron chi connectivity index (χ0n) is 10.6. The summed E-state index contributed by atoms with van der Waals surface area (Å²) in [6.07, 6.45) is 0. The molecule has 17 heavy (non-hydrogen) atoms. The van der Waals surface area contributed by atoms with E-state index in [0.717, 1.165) is 0 Å². The maximum atomic E-state index is 9.09. The molecule has 4 heteroatoms. The van der Waals surface area contributed by atoms with Gasteiger partial charge >= 0.3 is 0 Å². The van der Waals surface area contributed by atoms with Crippen molar-refractivity contribution in [1.82, 2.24) is 4.98 Å². The number of nitrogens with zero attached hydrogens (tertiary/aromatic N) is 3. The van der Waals surface area contributed by atoms with Crippen molar-refractivity contribution >= 4 is 5.69 Å². The minimum atomic E-state index is -0.713. The fourth-order valence-corrected chi connectivity index (χ4v) is 1.31. The Morgan fingerprint density at radius 3 is 1.65 bits per heavy atom. The number of nitrogen functional groups attached to an aromatic ring is 1. The second kappa shape index (κ2) is 4.07. The van der Waals surface area contributed by atoms with Gasteiger partial charge in [-0.1, -0.05) is 0 Å². The van der Waals surface area contributed by atoms with Gasteiger partial charge in [-0.15, -0.1) is 0 Å². The van der Waals surface area contributed by atoms with Crippen molar-refractivity contribution in [2.24, 2.45) is 0 Å². The lowest BCUT2D eigenvalue weighted by Crippen LogP contribution is -2.22. The van der Waals surface area contributed by atoms with E-state index in [1.54, 1.807) is 39.8 Å². The molecule has 0 aliphatic heterocycles. The van der Waals surface area contributed by atoms with Crippen LogP contribution in [0, 0.1) is 22.7 Å². The fraction of sp³-hybridized carbons (Fsp3) is 0.462. The topological polar surface area (TPSA) is 86.5 Å². The first kappa shape index (κ1) is 13.0. The van der Waals surface area contributed by atoms with E-state index in [1.165, 1.54) is 0 Å². The molecule has 0 saturated heterocycles. The molecule has 0 radical (unpaired) electrons. The molecule has 1 aromatic heterocycles. The zero-order valence-corrected chi connectivity index (χ0v) is 10.6. The molecule has 0 bridgehead atoms. The average Bonchev–Trinajstić information content (AvgIpc) is 2.28. The lowest BCUT2D eigenvalue weighted by atomic mass is 9.87. The highest BCUT2D eigenvalue weighted by Gasteiger charge is 2.27. The van der Waals surface area contributed by atoms with Crippen LogP contribution in [-0.2, 0) is 10.8 Å². The van der Waals surface area contributed by atoms with Crippen LogP contribution in [-0.4, -0.2) is 4.98 Å². The molecular weight excluding hydrogens is 212 g/mol. The average molecular weight is 228 g/mol. The van der Waals surface area contributed by atoms with Crippen molar-refractivity contribution in [2.45, 2.75) is 38.5 Å². The van der Waals surface area contributed by atoms with E-state index in [9.17, 15) is 0 Å². The number of hydrogen-bond donors (Lipinski definition) is 1. The van der Waals surface area contributed by atoms with E-state index in [-0.39, 0.29) is 0 Å². The van der Waals surface area contributed by atoms with Gasteiger partial charge in [0, 0.05) is 5.69 Å². The SMILES string of the molecule is CC(C)(C#N)c1cc(N)cc(C(C)(C)C#N)n1. The minimum absolute atomic E-state index is 0.525. The van der Waals surface area contributed by atoms with Crippen molar-refractivity contribution in [3.05, 3.63) is 23.5 Å². The van der Waals surface area contributed by atoms with Crippen LogP contribution < -0.4 is 5.73 Å². The molecule has 2 N–H and O–H groups in total. The Labute approximate surface area is 102 Å². The molecule has 0 unspecified atom stereocenters. The minimum Gasteiger partial charge on any atom is -0.399 e. The van der Waals surface area contributed by atoms with Gasteiger partial charge in [-0.25, -0.2) is 0 Å². The molecule has 0 saturated carbocycles. The van der Waals surface area contributed by atoms with E-state index in [4.69, 9.17) is 16.3 Å². The summed E-state index contributed by atoms with van der Waals surface area (Å²) >= 11 is 0. The number of nitriles is 2. The van der Waals surface area contributed by atoms with Crippen molar-refractivity contribution in [3.8, 4) is 12.1 Å². The maximum absolute atomic E-state index is 9.09. The molecule has 1 heterocycles. The molecule has 0 fully saturated rings. The first-order chi connectivity index (χ1) is 7.73. The Balaban J connectivity index is 3.42. The third kappa shape index (κ3) is 2.54. The normalized spacial score (nSPS) is 11.6. The lowest BCUT2D eigenvalue weighted by molar-refractivity contribution is 0.615. The monoisotopic (exact) mass is 228 g/mol. The molecule has 1 rings (SSSR count). The third-order valence-corrected chi connectivity index (χ3v) is 2.69. The lowest BCUT2D eigenvalue weighted by Gasteiger charge is -2.20. The smallest absolute Gasteiger partial charge is 0.0938 e. The van der Waals surface area contributed by atoms with E-state index in [1.807, 2.05) is 0 Å². The van der Waals surface area contributed by atoms with E-state index < -0.39 is 10.8 Å². The van der Waals surface area contributed by atoms with E-state index in [2.05, 4.69) is 17.1 Å². The highest BCUT2D eigenvalue weighted by molar-refractivity contribution is 5.46. The van der Waals surface area contributed by atoms with Crippen LogP contribution in [0.15, 0.2) is 12.1 Å². The van der Waals surface area contributed by atoms with Crippen LogP contribution in [0.5, 0.6) is 0 Å². The number of pyridine rings is 1. The van der Waals surface area contributed by atoms with Gasteiger partial charge in [0.05, 0.1) is 34.4 Å². The van der Waals surface area contributed by atoms with Gasteiger partial charge in [0.2, 0.25) is 0 Å². The Morgan fingerprint density at radius 2 is 1.35 bits per heavy atom. The predicted octanol–water partition coefficient (Wildman–Crippen LogP) is 2.27. The van der Waals surface area contributed by atoms with Crippen LogP contribution in [0.1, 0.15) is 39.1 Å². The van der Waals surface area contributed by atoms with E-state index in [0.29, 0.717) is 17.1 Å². The third-order valence-electron chi connectivity index (χ3n) is 2.69. The van der Waals surface area contributed by atoms with Gasteiger partial charge in [-0.3, -0.25) is 4.98 Å². The number of anilines is 1. The van der Waals surface area contributed by atoms with Gasteiger partial charge in [0.15, 0.2) is 0 Å². The van der Waals surface area contributed by atoms with Crippen LogP contribution in [0.4, 0.5) is 5.69 Å². The molecule has 0 spiro atoms. The quantitative estimate of drug-likeness (QED) is 0.841. The van der Waals surface area contributed by atoms with Crippen LogP contribution in [0.3, 0.4) is 0 Å². The molecule has 1 aromatic rings.